The van der Waals surface area contributed by atoms with Gasteiger partial charge in [-0.1, -0.05) is 6.07 Å². The second-order valence-electron chi connectivity index (χ2n) is 6.54. The molecule has 0 spiro atoms. The van der Waals surface area contributed by atoms with Crippen molar-refractivity contribution in [3.05, 3.63) is 35.1 Å². The smallest absolute Gasteiger partial charge is 0.389 e. The first-order chi connectivity index (χ1) is 10.8. The van der Waals surface area contributed by atoms with Crippen LogP contribution in [0.2, 0.25) is 0 Å². The van der Waals surface area contributed by atoms with E-state index in [2.05, 4.69) is 5.32 Å². The number of hydrogen-bond donors (Lipinski definition) is 2. The van der Waals surface area contributed by atoms with Crippen LogP contribution in [0.1, 0.15) is 24.0 Å². The van der Waals surface area contributed by atoms with Gasteiger partial charge in [0.15, 0.2) is 0 Å². The molecule has 2 fully saturated rings. The lowest BCUT2D eigenvalue weighted by atomic mass is 9.76. The van der Waals surface area contributed by atoms with E-state index < -0.39 is 23.2 Å². The van der Waals surface area contributed by atoms with Gasteiger partial charge in [-0.25, -0.2) is 4.39 Å². The van der Waals surface area contributed by atoms with Crippen molar-refractivity contribution >= 4 is 0 Å². The molecule has 0 unspecified atom stereocenters. The van der Waals surface area contributed by atoms with Gasteiger partial charge in [-0.3, -0.25) is 4.90 Å². The van der Waals surface area contributed by atoms with Gasteiger partial charge < -0.3 is 10.4 Å². The Hall–Kier alpha value is -1.18. The van der Waals surface area contributed by atoms with Gasteiger partial charge in [0, 0.05) is 37.7 Å². The molecule has 0 radical (unpaired) electrons. The van der Waals surface area contributed by atoms with Crippen LogP contribution in [0.3, 0.4) is 0 Å². The van der Waals surface area contributed by atoms with E-state index in [1.807, 2.05) is 4.90 Å². The van der Waals surface area contributed by atoms with E-state index in [9.17, 15) is 22.7 Å². The molecule has 2 N–H and O–H groups in total. The summed E-state index contributed by atoms with van der Waals surface area (Å²) in [7, 11) is 0. The largest absolute Gasteiger partial charge is 0.416 e. The molecule has 128 valence electrons. The third-order valence-electron chi connectivity index (χ3n) is 5.00. The Morgan fingerprint density at radius 1 is 1.30 bits per heavy atom. The fourth-order valence-corrected chi connectivity index (χ4v) is 3.53. The van der Waals surface area contributed by atoms with Gasteiger partial charge in [0.25, 0.3) is 0 Å². The number of nitrogens with one attached hydrogen (secondary N) is 1. The molecule has 0 aliphatic carbocycles. The molecule has 23 heavy (non-hydrogen) atoms. The van der Waals surface area contributed by atoms with Gasteiger partial charge in [-0.05, 0) is 31.5 Å². The molecule has 2 atom stereocenters. The molecule has 0 aromatic heterocycles. The second kappa shape index (κ2) is 6.03. The molecule has 2 heterocycles. The highest BCUT2D eigenvalue weighted by Crippen LogP contribution is 2.34. The van der Waals surface area contributed by atoms with Gasteiger partial charge in [0.1, 0.15) is 5.82 Å². The molecule has 2 aliphatic rings. The fraction of sp³-hybridized carbons (Fsp3) is 0.625. The summed E-state index contributed by atoms with van der Waals surface area (Å²) < 4.78 is 51.7. The summed E-state index contributed by atoms with van der Waals surface area (Å²) in [6, 6.07) is 2.68. The lowest BCUT2D eigenvalue weighted by molar-refractivity contribution is -0.137. The van der Waals surface area contributed by atoms with Gasteiger partial charge in [0.2, 0.25) is 0 Å². The standard InChI is InChI=1S/C16H20F4N2O/c17-14-7-12(16(18,19)20)2-1-11(14)9-22-6-4-15(23)3-5-21-8-13(15)10-22/h1-2,7,13,21,23H,3-6,8-10H2/t13-,15-/m0/s1. The highest BCUT2D eigenvalue weighted by atomic mass is 19.4. The van der Waals surface area contributed by atoms with Crippen LogP contribution in [-0.4, -0.2) is 41.8 Å². The number of fused-ring (bicyclic) bond motifs is 1. The van der Waals surface area contributed by atoms with Crippen LogP contribution in [0.5, 0.6) is 0 Å². The molecule has 1 aromatic rings. The average molecular weight is 332 g/mol. The predicted molar refractivity (Wildman–Crippen MR) is 77.2 cm³/mol. The number of nitrogens with zero attached hydrogens (tertiary/aromatic N) is 1. The Morgan fingerprint density at radius 3 is 2.78 bits per heavy atom. The van der Waals surface area contributed by atoms with Gasteiger partial charge >= 0.3 is 6.18 Å². The first-order valence-electron chi connectivity index (χ1n) is 7.79. The van der Waals surface area contributed by atoms with E-state index in [-0.39, 0.29) is 18.0 Å². The summed E-state index contributed by atoms with van der Waals surface area (Å²) in [5.41, 5.74) is -1.38. The van der Waals surface area contributed by atoms with Crippen molar-refractivity contribution in [3.63, 3.8) is 0 Å². The Kier molecular flexibility index (Phi) is 4.37. The Labute approximate surface area is 132 Å². The lowest BCUT2D eigenvalue weighted by Crippen LogP contribution is -2.58. The third kappa shape index (κ3) is 3.51. The van der Waals surface area contributed by atoms with Crippen molar-refractivity contribution in [2.24, 2.45) is 5.92 Å². The second-order valence-corrected chi connectivity index (χ2v) is 6.54. The molecule has 1 aromatic carbocycles. The van der Waals surface area contributed by atoms with Crippen LogP contribution in [0.4, 0.5) is 17.6 Å². The first-order valence-corrected chi connectivity index (χ1v) is 7.79. The van der Waals surface area contributed by atoms with E-state index in [1.54, 1.807) is 0 Å². The number of piperidine rings is 2. The van der Waals surface area contributed by atoms with Crippen molar-refractivity contribution in [1.82, 2.24) is 10.2 Å². The van der Waals surface area contributed by atoms with Crippen LogP contribution in [0.15, 0.2) is 18.2 Å². The Balaban J connectivity index is 1.68. The summed E-state index contributed by atoms with van der Waals surface area (Å²) in [5.74, 6) is -0.759. The summed E-state index contributed by atoms with van der Waals surface area (Å²) in [6.07, 6.45) is -3.21. The minimum absolute atomic E-state index is 0.0718. The quantitative estimate of drug-likeness (QED) is 0.817. The SMILES string of the molecule is O[C@]12CCNC[C@H]1CN(Cc1ccc(C(F)(F)F)cc1F)CC2. The molecule has 2 aliphatic heterocycles. The zero-order valence-electron chi connectivity index (χ0n) is 12.7. The maximum atomic E-state index is 14.0. The summed E-state index contributed by atoms with van der Waals surface area (Å²) in [5, 5.41) is 13.8. The summed E-state index contributed by atoms with van der Waals surface area (Å²) >= 11 is 0. The van der Waals surface area contributed by atoms with Crippen molar-refractivity contribution in [3.8, 4) is 0 Å². The molecule has 2 saturated heterocycles. The van der Waals surface area contributed by atoms with Crippen LogP contribution in [0, 0.1) is 11.7 Å². The average Bonchev–Trinajstić information content (AvgIpc) is 2.48. The van der Waals surface area contributed by atoms with Gasteiger partial charge in [0.05, 0.1) is 11.2 Å². The molecule has 0 saturated carbocycles. The number of alkyl halides is 3. The predicted octanol–water partition coefficient (Wildman–Crippen LogP) is 2.39. The number of halogens is 4. The van der Waals surface area contributed by atoms with E-state index in [0.717, 1.165) is 12.6 Å². The van der Waals surface area contributed by atoms with Crippen LogP contribution in [-0.2, 0) is 12.7 Å². The van der Waals surface area contributed by atoms with E-state index in [4.69, 9.17) is 0 Å². The molecule has 3 nitrogen and oxygen atoms in total. The molecular formula is C16H20F4N2O. The normalized spacial score (nSPS) is 29.3. The fourth-order valence-electron chi connectivity index (χ4n) is 3.53. The number of likely N-dealkylation sites (tertiary alicyclic amines) is 1. The van der Waals surface area contributed by atoms with E-state index in [1.165, 1.54) is 6.07 Å². The van der Waals surface area contributed by atoms with Crippen LogP contribution in [0.25, 0.3) is 0 Å². The molecule has 3 rings (SSSR count). The Morgan fingerprint density at radius 2 is 2.09 bits per heavy atom. The topological polar surface area (TPSA) is 35.5 Å². The van der Waals surface area contributed by atoms with Crippen LogP contribution >= 0.6 is 0 Å². The molecule has 0 bridgehead atoms. The zero-order chi connectivity index (χ0) is 16.7. The van der Waals surface area contributed by atoms with Crippen molar-refractivity contribution in [2.45, 2.75) is 31.2 Å². The van der Waals surface area contributed by atoms with Gasteiger partial charge in [-0.2, -0.15) is 13.2 Å². The molecular weight excluding hydrogens is 312 g/mol. The number of rotatable bonds is 2. The molecule has 0 amide bonds. The van der Waals surface area contributed by atoms with Crippen molar-refractivity contribution in [1.29, 1.82) is 0 Å². The summed E-state index contributed by atoms with van der Waals surface area (Å²) in [6.45, 7) is 3.00. The highest BCUT2D eigenvalue weighted by Gasteiger charge is 2.42. The number of benzene rings is 1. The lowest BCUT2D eigenvalue weighted by Gasteiger charge is -2.47. The first kappa shape index (κ1) is 16.7. The molecule has 7 heteroatoms. The maximum Gasteiger partial charge on any atom is 0.416 e. The van der Waals surface area contributed by atoms with Crippen molar-refractivity contribution < 1.29 is 22.7 Å². The highest BCUT2D eigenvalue weighted by molar-refractivity contribution is 5.26. The number of hydrogen-bond acceptors (Lipinski definition) is 3. The van der Waals surface area contributed by atoms with Crippen molar-refractivity contribution in [2.75, 3.05) is 26.2 Å². The maximum absolute atomic E-state index is 14.0. The Bertz CT molecular complexity index is 578. The minimum Gasteiger partial charge on any atom is -0.389 e. The zero-order valence-corrected chi connectivity index (χ0v) is 12.7. The minimum atomic E-state index is -4.53. The summed E-state index contributed by atoms with van der Waals surface area (Å²) in [4.78, 5) is 2.00. The number of aliphatic hydroxyl groups is 1. The van der Waals surface area contributed by atoms with Gasteiger partial charge in [-0.15, -0.1) is 0 Å². The van der Waals surface area contributed by atoms with Crippen LogP contribution < -0.4 is 5.32 Å². The third-order valence-corrected chi connectivity index (χ3v) is 5.00. The van der Waals surface area contributed by atoms with E-state index >= 15 is 0 Å². The monoisotopic (exact) mass is 332 g/mol. The van der Waals surface area contributed by atoms with E-state index in [0.29, 0.717) is 38.5 Å².